The van der Waals surface area contributed by atoms with E-state index in [4.69, 9.17) is 15.2 Å². The van der Waals surface area contributed by atoms with Gasteiger partial charge in [-0.15, -0.1) is 11.3 Å². The number of aromatic nitrogens is 1. The van der Waals surface area contributed by atoms with Crippen molar-refractivity contribution < 1.29 is 9.47 Å². The minimum absolute atomic E-state index is 0.0666. The van der Waals surface area contributed by atoms with E-state index in [2.05, 4.69) is 4.98 Å². The van der Waals surface area contributed by atoms with Crippen LogP contribution in [0, 0.1) is 0 Å². The fourth-order valence-electron chi connectivity index (χ4n) is 2.16. The third-order valence-electron chi connectivity index (χ3n) is 3.13. The van der Waals surface area contributed by atoms with Crippen LogP contribution < -0.4 is 10.5 Å². The number of benzene rings is 1. The smallest absolute Gasteiger partial charge is 0.120 e. The molecule has 2 unspecified atom stereocenters. The van der Waals surface area contributed by atoms with E-state index in [1.807, 2.05) is 25.1 Å². The van der Waals surface area contributed by atoms with Crippen molar-refractivity contribution in [2.24, 2.45) is 5.73 Å². The zero-order valence-electron chi connectivity index (χ0n) is 10.3. The Bertz CT molecular complexity index is 555. The average Bonchev–Trinajstić information content (AvgIpc) is 2.94. The number of ether oxygens (including phenoxy) is 2. The van der Waals surface area contributed by atoms with Crippen LogP contribution in [0.15, 0.2) is 18.2 Å². The second-order valence-electron chi connectivity index (χ2n) is 4.42. The zero-order valence-corrected chi connectivity index (χ0v) is 11.1. The van der Waals surface area contributed by atoms with Gasteiger partial charge in [-0.1, -0.05) is 0 Å². The van der Waals surface area contributed by atoms with Crippen molar-refractivity contribution in [1.29, 1.82) is 0 Å². The predicted molar refractivity (Wildman–Crippen MR) is 72.3 cm³/mol. The Morgan fingerprint density at radius 1 is 1.50 bits per heavy atom. The van der Waals surface area contributed by atoms with Crippen LogP contribution in [0.5, 0.6) is 5.75 Å². The first-order chi connectivity index (χ1) is 8.78. The summed E-state index contributed by atoms with van der Waals surface area (Å²) < 4.78 is 12.0. The molecule has 1 fully saturated rings. The Morgan fingerprint density at radius 3 is 3.11 bits per heavy atom. The minimum Gasteiger partial charge on any atom is -0.494 e. The van der Waals surface area contributed by atoms with Crippen molar-refractivity contribution in [3.63, 3.8) is 0 Å². The molecule has 2 aromatic rings. The van der Waals surface area contributed by atoms with E-state index in [1.165, 1.54) is 0 Å². The highest BCUT2D eigenvalue weighted by Crippen LogP contribution is 2.33. The van der Waals surface area contributed by atoms with Gasteiger partial charge < -0.3 is 15.2 Å². The lowest BCUT2D eigenvalue weighted by molar-refractivity contribution is 0.191. The maximum atomic E-state index is 6.03. The highest BCUT2D eigenvalue weighted by atomic mass is 32.1. The van der Waals surface area contributed by atoms with Crippen molar-refractivity contribution in [3.05, 3.63) is 23.2 Å². The first-order valence-corrected chi connectivity index (χ1v) is 6.96. The number of hydrogen-bond donors (Lipinski definition) is 1. The molecule has 0 amide bonds. The monoisotopic (exact) mass is 264 g/mol. The van der Waals surface area contributed by atoms with Crippen molar-refractivity contribution in [1.82, 2.24) is 4.98 Å². The standard InChI is InChI=1S/C13H16N2O2S/c1-2-17-8-3-4-11-12(5-8)18-13(15-11)9-6-16-7-10(9)14/h3-5,9-10H,2,6-7,14H2,1H3. The molecule has 1 saturated heterocycles. The van der Waals surface area contributed by atoms with Crippen LogP contribution in [0.3, 0.4) is 0 Å². The van der Waals surface area contributed by atoms with Crippen molar-refractivity contribution in [3.8, 4) is 5.75 Å². The van der Waals surface area contributed by atoms with E-state index in [1.54, 1.807) is 11.3 Å². The van der Waals surface area contributed by atoms with Gasteiger partial charge in [0.15, 0.2) is 0 Å². The topological polar surface area (TPSA) is 57.4 Å². The van der Waals surface area contributed by atoms with Gasteiger partial charge in [0.2, 0.25) is 0 Å². The van der Waals surface area contributed by atoms with Crippen molar-refractivity contribution in [2.45, 2.75) is 18.9 Å². The van der Waals surface area contributed by atoms with Gasteiger partial charge in [0.05, 0.1) is 36.0 Å². The van der Waals surface area contributed by atoms with Crippen LogP contribution >= 0.6 is 11.3 Å². The van der Waals surface area contributed by atoms with E-state index in [9.17, 15) is 0 Å². The first kappa shape index (κ1) is 11.9. The maximum absolute atomic E-state index is 6.03. The van der Waals surface area contributed by atoms with Crippen LogP contribution in [0.4, 0.5) is 0 Å². The summed E-state index contributed by atoms with van der Waals surface area (Å²) in [5.41, 5.74) is 7.04. The van der Waals surface area contributed by atoms with Crippen molar-refractivity contribution in [2.75, 3.05) is 19.8 Å². The lowest BCUT2D eigenvalue weighted by atomic mass is 10.1. The molecule has 0 spiro atoms. The summed E-state index contributed by atoms with van der Waals surface area (Å²) in [7, 11) is 0. The molecule has 3 rings (SSSR count). The molecule has 2 N–H and O–H groups in total. The molecule has 0 aliphatic carbocycles. The molecule has 4 nitrogen and oxygen atoms in total. The Hall–Kier alpha value is -1.17. The third-order valence-corrected chi connectivity index (χ3v) is 4.28. The van der Waals surface area contributed by atoms with Gasteiger partial charge in [0, 0.05) is 6.04 Å². The molecule has 18 heavy (non-hydrogen) atoms. The molecule has 0 bridgehead atoms. The van der Waals surface area contributed by atoms with Gasteiger partial charge in [-0.3, -0.25) is 0 Å². The molecular formula is C13H16N2O2S. The number of thiazole rings is 1. The van der Waals surface area contributed by atoms with Crippen LogP contribution in [-0.4, -0.2) is 30.8 Å². The number of nitrogens with two attached hydrogens (primary N) is 1. The lowest BCUT2D eigenvalue weighted by Gasteiger charge is -2.08. The van der Waals surface area contributed by atoms with Gasteiger partial charge in [-0.05, 0) is 25.1 Å². The van der Waals surface area contributed by atoms with Gasteiger partial charge in [0.1, 0.15) is 10.8 Å². The summed E-state index contributed by atoms with van der Waals surface area (Å²) in [5.74, 6) is 1.13. The molecular weight excluding hydrogens is 248 g/mol. The second-order valence-corrected chi connectivity index (χ2v) is 5.48. The summed E-state index contributed by atoms with van der Waals surface area (Å²) in [5, 5.41) is 1.07. The highest BCUT2D eigenvalue weighted by Gasteiger charge is 2.29. The normalized spacial score (nSPS) is 23.7. The van der Waals surface area contributed by atoms with E-state index in [-0.39, 0.29) is 12.0 Å². The maximum Gasteiger partial charge on any atom is 0.120 e. The Balaban J connectivity index is 1.95. The summed E-state index contributed by atoms with van der Waals surface area (Å²) >= 11 is 1.69. The molecule has 1 aliphatic rings. The van der Waals surface area contributed by atoms with Crippen LogP contribution in [0.1, 0.15) is 17.8 Å². The molecule has 2 atom stereocenters. The molecule has 1 aliphatic heterocycles. The van der Waals surface area contributed by atoms with E-state index >= 15 is 0 Å². The van der Waals surface area contributed by atoms with E-state index < -0.39 is 0 Å². The van der Waals surface area contributed by atoms with E-state index in [0.717, 1.165) is 21.0 Å². The van der Waals surface area contributed by atoms with Crippen LogP contribution in [-0.2, 0) is 4.74 Å². The molecule has 5 heteroatoms. The minimum atomic E-state index is 0.0666. The second kappa shape index (κ2) is 4.84. The summed E-state index contributed by atoms with van der Waals surface area (Å²) in [6.07, 6.45) is 0. The third kappa shape index (κ3) is 2.09. The van der Waals surface area contributed by atoms with Crippen LogP contribution in [0.2, 0.25) is 0 Å². The predicted octanol–water partition coefficient (Wildman–Crippen LogP) is 2.14. The summed E-state index contributed by atoms with van der Waals surface area (Å²) in [6, 6.07) is 6.07. The van der Waals surface area contributed by atoms with Gasteiger partial charge in [0.25, 0.3) is 0 Å². The molecule has 2 heterocycles. The molecule has 1 aromatic carbocycles. The van der Waals surface area contributed by atoms with Gasteiger partial charge >= 0.3 is 0 Å². The molecule has 1 aromatic heterocycles. The molecule has 96 valence electrons. The van der Waals surface area contributed by atoms with E-state index in [0.29, 0.717) is 19.8 Å². The summed E-state index contributed by atoms with van der Waals surface area (Å²) in [4.78, 5) is 4.65. The number of hydrogen-bond acceptors (Lipinski definition) is 5. The zero-order chi connectivity index (χ0) is 12.5. The van der Waals surface area contributed by atoms with Crippen LogP contribution in [0.25, 0.3) is 10.2 Å². The molecule has 0 saturated carbocycles. The molecule has 0 radical (unpaired) electrons. The average molecular weight is 264 g/mol. The Kier molecular flexibility index (Phi) is 3.20. The fourth-order valence-corrected chi connectivity index (χ4v) is 3.32. The Morgan fingerprint density at radius 2 is 2.39 bits per heavy atom. The number of nitrogens with zero attached hydrogens (tertiary/aromatic N) is 1. The fraction of sp³-hybridized carbons (Fsp3) is 0.462. The van der Waals surface area contributed by atoms with Crippen molar-refractivity contribution >= 4 is 21.6 Å². The van der Waals surface area contributed by atoms with Gasteiger partial charge in [-0.25, -0.2) is 4.98 Å². The lowest BCUT2D eigenvalue weighted by Crippen LogP contribution is -2.26. The first-order valence-electron chi connectivity index (χ1n) is 6.14. The quantitative estimate of drug-likeness (QED) is 0.922. The Labute approximate surface area is 110 Å². The number of fused-ring (bicyclic) bond motifs is 1. The van der Waals surface area contributed by atoms with Gasteiger partial charge in [-0.2, -0.15) is 0 Å². The summed E-state index contributed by atoms with van der Waals surface area (Å²) in [6.45, 7) is 3.97. The SMILES string of the molecule is CCOc1ccc2nc(C3COCC3N)sc2c1. The number of rotatable bonds is 3. The highest BCUT2D eigenvalue weighted by molar-refractivity contribution is 7.18. The largest absolute Gasteiger partial charge is 0.494 e.